The molecule has 0 bridgehead atoms. The molecule has 2 aliphatic rings. The first-order valence-electron chi connectivity index (χ1n) is 6.02. The Hall–Kier alpha value is -1.16. The van der Waals surface area contributed by atoms with Gasteiger partial charge in [-0.15, -0.1) is 0 Å². The summed E-state index contributed by atoms with van der Waals surface area (Å²) in [6, 6.07) is 0.655. The van der Waals surface area contributed by atoms with Gasteiger partial charge in [0.25, 0.3) is 0 Å². The minimum Gasteiger partial charge on any atom is -0.367 e. The molecular weight excluding hydrogens is 200 g/mol. The van der Waals surface area contributed by atoms with Gasteiger partial charge in [-0.25, -0.2) is 0 Å². The van der Waals surface area contributed by atoms with Crippen molar-refractivity contribution in [1.82, 2.24) is 20.7 Å². The van der Waals surface area contributed by atoms with E-state index in [9.17, 15) is 0 Å². The highest BCUT2D eigenvalue weighted by Gasteiger charge is 2.26. The number of hydrogen-bond acceptors (Lipinski definition) is 4. The third-order valence-corrected chi connectivity index (χ3v) is 3.00. The van der Waals surface area contributed by atoms with E-state index in [1.807, 2.05) is 13.2 Å². The van der Waals surface area contributed by atoms with Crippen LogP contribution in [-0.4, -0.2) is 42.6 Å². The highest BCUT2D eigenvalue weighted by atomic mass is 15.5. The quantitative estimate of drug-likeness (QED) is 0.734. The van der Waals surface area contributed by atoms with E-state index >= 15 is 0 Å². The van der Waals surface area contributed by atoms with Crippen LogP contribution < -0.4 is 10.7 Å². The van der Waals surface area contributed by atoms with Crippen molar-refractivity contribution in [3.8, 4) is 0 Å². The molecule has 2 N–H and O–H groups in total. The Labute approximate surface area is 98.0 Å². The summed E-state index contributed by atoms with van der Waals surface area (Å²) in [6.45, 7) is 7.73. The molecule has 0 spiro atoms. The molecule has 1 fully saturated rings. The second-order valence-corrected chi connectivity index (χ2v) is 4.95. The van der Waals surface area contributed by atoms with Crippen LogP contribution >= 0.6 is 0 Å². The van der Waals surface area contributed by atoms with Gasteiger partial charge in [-0.05, 0) is 19.0 Å². The van der Waals surface area contributed by atoms with Crippen LogP contribution in [0.15, 0.2) is 24.2 Å². The lowest BCUT2D eigenvalue weighted by molar-refractivity contribution is 0.171. The van der Waals surface area contributed by atoms with E-state index in [4.69, 9.17) is 0 Å². The Morgan fingerprint density at radius 3 is 2.88 bits per heavy atom. The Morgan fingerprint density at radius 2 is 2.25 bits per heavy atom. The predicted octanol–water partition coefficient (Wildman–Crippen LogP) is 0.721. The SMILES string of the molecule is CNC1CN(C2=CN(CC(C)C)NC=C2)C1. The van der Waals surface area contributed by atoms with Crippen molar-refractivity contribution in [1.29, 1.82) is 0 Å². The minimum atomic E-state index is 0.655. The molecule has 2 rings (SSSR count). The standard InChI is InChI=1S/C12H22N4/c1-10(2)6-16-9-12(4-5-14-16)15-7-11(8-15)13-3/h4-5,9-11,13-14H,6-8H2,1-3H3. The van der Waals surface area contributed by atoms with Crippen LogP contribution in [-0.2, 0) is 0 Å². The number of hydrogen-bond donors (Lipinski definition) is 2. The summed E-state index contributed by atoms with van der Waals surface area (Å²) >= 11 is 0. The first-order valence-corrected chi connectivity index (χ1v) is 6.02. The van der Waals surface area contributed by atoms with Crippen LogP contribution in [0.5, 0.6) is 0 Å². The predicted molar refractivity (Wildman–Crippen MR) is 66.3 cm³/mol. The molecule has 4 heteroatoms. The lowest BCUT2D eigenvalue weighted by atomic mass is 10.1. The zero-order valence-electron chi connectivity index (χ0n) is 10.4. The van der Waals surface area contributed by atoms with Gasteiger partial charge in [-0.1, -0.05) is 13.8 Å². The van der Waals surface area contributed by atoms with Crippen molar-refractivity contribution in [2.75, 3.05) is 26.7 Å². The number of rotatable bonds is 4. The number of likely N-dealkylation sites (tertiary alicyclic amines) is 1. The zero-order valence-corrected chi connectivity index (χ0v) is 10.4. The van der Waals surface area contributed by atoms with Gasteiger partial charge < -0.3 is 15.6 Å². The van der Waals surface area contributed by atoms with Crippen LogP contribution in [0.4, 0.5) is 0 Å². The average Bonchev–Trinajstić information content (AvgIpc) is 2.15. The van der Waals surface area contributed by atoms with Crippen molar-refractivity contribution in [3.05, 3.63) is 24.2 Å². The van der Waals surface area contributed by atoms with E-state index < -0.39 is 0 Å². The largest absolute Gasteiger partial charge is 0.367 e. The Kier molecular flexibility index (Phi) is 3.39. The molecule has 2 heterocycles. The monoisotopic (exact) mass is 222 g/mol. The number of nitrogens with one attached hydrogen (secondary N) is 2. The van der Waals surface area contributed by atoms with Gasteiger partial charge in [0, 0.05) is 38.1 Å². The van der Waals surface area contributed by atoms with Gasteiger partial charge in [0.1, 0.15) is 0 Å². The summed E-state index contributed by atoms with van der Waals surface area (Å²) in [5.74, 6) is 0.665. The van der Waals surface area contributed by atoms with Gasteiger partial charge in [0.15, 0.2) is 0 Å². The van der Waals surface area contributed by atoms with Gasteiger partial charge in [0.05, 0.1) is 5.70 Å². The molecule has 0 aromatic rings. The van der Waals surface area contributed by atoms with E-state index in [1.165, 1.54) is 5.70 Å². The number of likely N-dealkylation sites (N-methyl/N-ethyl adjacent to an activating group) is 1. The second kappa shape index (κ2) is 4.78. The van der Waals surface area contributed by atoms with Crippen molar-refractivity contribution in [2.24, 2.45) is 5.92 Å². The fourth-order valence-electron chi connectivity index (χ4n) is 2.02. The smallest absolute Gasteiger partial charge is 0.0563 e. The molecule has 0 aromatic carbocycles. The summed E-state index contributed by atoms with van der Waals surface area (Å²) in [6.07, 6.45) is 6.36. The van der Waals surface area contributed by atoms with E-state index in [-0.39, 0.29) is 0 Å². The van der Waals surface area contributed by atoms with Crippen molar-refractivity contribution in [2.45, 2.75) is 19.9 Å². The minimum absolute atomic E-state index is 0.655. The van der Waals surface area contributed by atoms with Crippen LogP contribution in [0.2, 0.25) is 0 Å². The van der Waals surface area contributed by atoms with E-state index in [0.29, 0.717) is 12.0 Å². The third kappa shape index (κ3) is 2.50. The molecule has 0 saturated carbocycles. The first kappa shape index (κ1) is 11.3. The lowest BCUT2D eigenvalue weighted by Crippen LogP contribution is -2.56. The second-order valence-electron chi connectivity index (χ2n) is 4.95. The molecule has 0 radical (unpaired) electrons. The van der Waals surface area contributed by atoms with Crippen molar-refractivity contribution < 1.29 is 0 Å². The highest BCUT2D eigenvalue weighted by Crippen LogP contribution is 2.18. The molecule has 1 saturated heterocycles. The molecule has 0 amide bonds. The van der Waals surface area contributed by atoms with Crippen molar-refractivity contribution in [3.63, 3.8) is 0 Å². The summed E-state index contributed by atoms with van der Waals surface area (Å²) < 4.78 is 0. The maximum Gasteiger partial charge on any atom is 0.0563 e. The molecule has 16 heavy (non-hydrogen) atoms. The Bertz CT molecular complexity index is 289. The molecule has 90 valence electrons. The van der Waals surface area contributed by atoms with Gasteiger partial charge in [-0.3, -0.25) is 5.01 Å². The third-order valence-electron chi connectivity index (χ3n) is 3.00. The number of allylic oxidation sites excluding steroid dienone is 1. The van der Waals surface area contributed by atoms with Crippen LogP contribution in [0.3, 0.4) is 0 Å². The fourth-order valence-corrected chi connectivity index (χ4v) is 2.02. The molecule has 0 aromatic heterocycles. The number of nitrogens with zero attached hydrogens (tertiary/aromatic N) is 2. The van der Waals surface area contributed by atoms with Gasteiger partial charge in [-0.2, -0.15) is 0 Å². The molecule has 0 unspecified atom stereocenters. The molecule has 0 atom stereocenters. The van der Waals surface area contributed by atoms with E-state index in [0.717, 1.165) is 19.6 Å². The average molecular weight is 222 g/mol. The Balaban J connectivity index is 1.89. The molecule has 0 aliphatic carbocycles. The van der Waals surface area contributed by atoms with Crippen LogP contribution in [0, 0.1) is 5.92 Å². The number of hydrazine groups is 1. The normalized spacial score (nSPS) is 20.9. The maximum absolute atomic E-state index is 3.29. The Morgan fingerprint density at radius 1 is 1.50 bits per heavy atom. The fraction of sp³-hybridized carbons (Fsp3) is 0.667. The summed E-state index contributed by atoms with van der Waals surface area (Å²) in [7, 11) is 2.03. The van der Waals surface area contributed by atoms with E-state index in [1.54, 1.807) is 0 Å². The van der Waals surface area contributed by atoms with Gasteiger partial charge in [0.2, 0.25) is 0 Å². The van der Waals surface area contributed by atoms with Crippen molar-refractivity contribution >= 4 is 0 Å². The lowest BCUT2D eigenvalue weighted by Gasteiger charge is -2.43. The molecule has 4 nitrogen and oxygen atoms in total. The first-order chi connectivity index (χ1) is 7.69. The summed E-state index contributed by atoms with van der Waals surface area (Å²) in [4.78, 5) is 2.39. The van der Waals surface area contributed by atoms with E-state index in [2.05, 4.69) is 46.8 Å². The van der Waals surface area contributed by atoms with Crippen LogP contribution in [0.25, 0.3) is 0 Å². The summed E-state index contributed by atoms with van der Waals surface area (Å²) in [5, 5.41) is 5.45. The highest BCUT2D eigenvalue weighted by molar-refractivity contribution is 5.22. The molecule has 2 aliphatic heterocycles. The summed E-state index contributed by atoms with van der Waals surface area (Å²) in [5.41, 5.74) is 4.55. The van der Waals surface area contributed by atoms with Crippen LogP contribution in [0.1, 0.15) is 13.8 Å². The molecular formula is C12H22N4. The maximum atomic E-state index is 3.29. The zero-order chi connectivity index (χ0) is 11.5. The van der Waals surface area contributed by atoms with Gasteiger partial charge >= 0.3 is 0 Å². The topological polar surface area (TPSA) is 30.5 Å².